The maximum Gasteiger partial charge on any atom is 0.309 e. The summed E-state index contributed by atoms with van der Waals surface area (Å²) in [4.78, 5) is 16.2. The SMILES string of the molecule is CCOC(=O)CCON=C(C)c1cc(N)cc(OC)c1. The average Bonchev–Trinajstić information content (AvgIpc) is 2.43. The summed E-state index contributed by atoms with van der Waals surface area (Å²) in [5.74, 6) is 0.354. The molecule has 1 aromatic rings. The van der Waals surface area contributed by atoms with Crippen LogP contribution < -0.4 is 10.5 Å². The molecule has 6 heteroatoms. The second-order valence-electron chi connectivity index (χ2n) is 4.06. The van der Waals surface area contributed by atoms with E-state index in [2.05, 4.69) is 5.16 Å². The van der Waals surface area contributed by atoms with Gasteiger partial charge in [-0.3, -0.25) is 4.79 Å². The first kappa shape index (κ1) is 15.8. The number of anilines is 1. The Bertz CT molecular complexity index is 486. The Labute approximate surface area is 118 Å². The minimum atomic E-state index is -0.300. The monoisotopic (exact) mass is 280 g/mol. The smallest absolute Gasteiger partial charge is 0.309 e. The van der Waals surface area contributed by atoms with Crippen LogP contribution in [0.25, 0.3) is 0 Å². The number of hydrogen-bond donors (Lipinski definition) is 1. The standard InChI is InChI=1S/C14H20N2O4/c1-4-19-14(17)5-6-20-16-10(2)11-7-12(15)9-13(8-11)18-3/h7-9H,4-6,15H2,1-3H3. The molecule has 0 amide bonds. The highest BCUT2D eigenvalue weighted by atomic mass is 16.6. The number of methoxy groups -OCH3 is 1. The molecule has 20 heavy (non-hydrogen) atoms. The van der Waals surface area contributed by atoms with E-state index in [-0.39, 0.29) is 19.0 Å². The zero-order valence-corrected chi connectivity index (χ0v) is 12.0. The van der Waals surface area contributed by atoms with Gasteiger partial charge in [-0.2, -0.15) is 0 Å². The first-order valence-corrected chi connectivity index (χ1v) is 6.34. The van der Waals surface area contributed by atoms with Gasteiger partial charge in [0.25, 0.3) is 0 Å². The summed E-state index contributed by atoms with van der Waals surface area (Å²) in [6.45, 7) is 4.09. The van der Waals surface area contributed by atoms with Crippen LogP contribution >= 0.6 is 0 Å². The molecule has 1 rings (SSSR count). The highest BCUT2D eigenvalue weighted by Gasteiger charge is 2.04. The third-order valence-electron chi connectivity index (χ3n) is 2.49. The van der Waals surface area contributed by atoms with E-state index in [1.807, 2.05) is 6.07 Å². The van der Waals surface area contributed by atoms with Crippen LogP contribution in [0.5, 0.6) is 5.75 Å². The normalized spacial score (nSPS) is 11.1. The number of ether oxygens (including phenoxy) is 2. The number of esters is 1. The number of nitrogens with zero attached hydrogens (tertiary/aromatic N) is 1. The lowest BCUT2D eigenvalue weighted by atomic mass is 10.1. The van der Waals surface area contributed by atoms with Gasteiger partial charge in [0.05, 0.1) is 25.8 Å². The van der Waals surface area contributed by atoms with Crippen molar-refractivity contribution in [3.05, 3.63) is 23.8 Å². The molecule has 0 saturated heterocycles. The number of hydrogen-bond acceptors (Lipinski definition) is 6. The topological polar surface area (TPSA) is 83.1 Å². The van der Waals surface area contributed by atoms with Crippen molar-refractivity contribution in [1.29, 1.82) is 0 Å². The van der Waals surface area contributed by atoms with E-state index >= 15 is 0 Å². The van der Waals surface area contributed by atoms with Gasteiger partial charge >= 0.3 is 5.97 Å². The minimum Gasteiger partial charge on any atom is -0.497 e. The Morgan fingerprint density at radius 1 is 1.35 bits per heavy atom. The molecule has 1 aromatic carbocycles. The fraction of sp³-hybridized carbons (Fsp3) is 0.429. The van der Waals surface area contributed by atoms with Gasteiger partial charge in [-0.25, -0.2) is 0 Å². The fourth-order valence-electron chi connectivity index (χ4n) is 1.51. The van der Waals surface area contributed by atoms with Gasteiger partial charge in [-0.05, 0) is 26.0 Å². The Morgan fingerprint density at radius 2 is 2.10 bits per heavy atom. The van der Waals surface area contributed by atoms with Crippen molar-refractivity contribution in [2.45, 2.75) is 20.3 Å². The number of rotatable bonds is 7. The quantitative estimate of drug-likeness (QED) is 0.271. The van der Waals surface area contributed by atoms with E-state index < -0.39 is 0 Å². The molecule has 0 heterocycles. The van der Waals surface area contributed by atoms with Crippen LogP contribution in [0.3, 0.4) is 0 Å². The van der Waals surface area contributed by atoms with E-state index in [0.29, 0.717) is 23.8 Å². The van der Waals surface area contributed by atoms with E-state index in [0.717, 1.165) is 5.56 Å². The molecule has 0 bridgehead atoms. The highest BCUT2D eigenvalue weighted by molar-refractivity contribution is 5.99. The van der Waals surface area contributed by atoms with Crippen molar-refractivity contribution in [1.82, 2.24) is 0 Å². The first-order valence-electron chi connectivity index (χ1n) is 6.34. The number of benzene rings is 1. The van der Waals surface area contributed by atoms with Gasteiger partial charge in [-0.1, -0.05) is 5.16 Å². The van der Waals surface area contributed by atoms with Crippen LogP contribution in [-0.2, 0) is 14.4 Å². The average molecular weight is 280 g/mol. The summed E-state index contributed by atoms with van der Waals surface area (Å²) in [6.07, 6.45) is 0.171. The predicted octanol–water partition coefficient (Wildman–Crippen LogP) is 1.97. The third-order valence-corrected chi connectivity index (χ3v) is 2.49. The largest absolute Gasteiger partial charge is 0.497 e. The Balaban J connectivity index is 2.56. The molecule has 2 N–H and O–H groups in total. The van der Waals surface area contributed by atoms with Crippen LogP contribution in [0.4, 0.5) is 5.69 Å². The first-order chi connectivity index (χ1) is 9.56. The van der Waals surface area contributed by atoms with Crippen molar-refractivity contribution < 1.29 is 19.1 Å². The molecule has 0 fully saturated rings. The molecule has 0 saturated carbocycles. The number of carbonyl (C=O) groups is 1. The Morgan fingerprint density at radius 3 is 2.75 bits per heavy atom. The van der Waals surface area contributed by atoms with Crippen molar-refractivity contribution in [3.63, 3.8) is 0 Å². The molecule has 0 radical (unpaired) electrons. The van der Waals surface area contributed by atoms with Gasteiger partial charge in [0.2, 0.25) is 0 Å². The minimum absolute atomic E-state index is 0.171. The maximum absolute atomic E-state index is 11.1. The zero-order chi connectivity index (χ0) is 15.0. The molecule has 6 nitrogen and oxygen atoms in total. The molecule has 0 atom stereocenters. The summed E-state index contributed by atoms with van der Waals surface area (Å²) in [6, 6.07) is 5.30. The van der Waals surface area contributed by atoms with Crippen LogP contribution in [0.15, 0.2) is 23.4 Å². The molecule has 0 spiro atoms. The van der Waals surface area contributed by atoms with Crippen LogP contribution in [-0.4, -0.2) is 32.0 Å². The summed E-state index contributed by atoms with van der Waals surface area (Å²) < 4.78 is 9.91. The lowest BCUT2D eigenvalue weighted by Gasteiger charge is -2.06. The van der Waals surface area contributed by atoms with Crippen molar-refractivity contribution in [3.8, 4) is 5.75 Å². The lowest BCUT2D eigenvalue weighted by Crippen LogP contribution is -2.07. The summed E-state index contributed by atoms with van der Waals surface area (Å²) in [7, 11) is 1.57. The molecular weight excluding hydrogens is 260 g/mol. The number of nitrogen functional groups attached to an aromatic ring is 1. The molecule has 110 valence electrons. The van der Waals surface area contributed by atoms with Crippen LogP contribution in [0.2, 0.25) is 0 Å². The lowest BCUT2D eigenvalue weighted by molar-refractivity contribution is -0.144. The molecule has 0 aromatic heterocycles. The number of carbonyl (C=O) groups excluding carboxylic acids is 1. The van der Waals surface area contributed by atoms with E-state index in [1.54, 1.807) is 33.1 Å². The van der Waals surface area contributed by atoms with Crippen molar-refractivity contribution >= 4 is 17.4 Å². The van der Waals surface area contributed by atoms with Crippen molar-refractivity contribution in [2.75, 3.05) is 26.1 Å². The highest BCUT2D eigenvalue weighted by Crippen LogP contribution is 2.19. The predicted molar refractivity (Wildman–Crippen MR) is 76.8 cm³/mol. The van der Waals surface area contributed by atoms with E-state index in [1.165, 1.54) is 0 Å². The van der Waals surface area contributed by atoms with Gasteiger partial charge in [-0.15, -0.1) is 0 Å². The van der Waals surface area contributed by atoms with Gasteiger partial charge in [0, 0.05) is 17.3 Å². The molecular formula is C14H20N2O4. The second-order valence-corrected chi connectivity index (χ2v) is 4.06. The Kier molecular flexibility index (Phi) is 6.36. The van der Waals surface area contributed by atoms with E-state index in [4.69, 9.17) is 20.0 Å². The van der Waals surface area contributed by atoms with Gasteiger partial charge in [0.15, 0.2) is 0 Å². The second kappa shape index (κ2) is 8.04. The fourth-order valence-corrected chi connectivity index (χ4v) is 1.51. The number of nitrogens with two attached hydrogens (primary N) is 1. The van der Waals surface area contributed by atoms with Gasteiger partial charge < -0.3 is 20.0 Å². The molecule has 0 aliphatic carbocycles. The molecule has 0 aliphatic rings. The van der Waals surface area contributed by atoms with Gasteiger partial charge in [0.1, 0.15) is 12.4 Å². The maximum atomic E-state index is 11.1. The third kappa shape index (κ3) is 5.17. The van der Waals surface area contributed by atoms with Crippen LogP contribution in [0.1, 0.15) is 25.8 Å². The Hall–Kier alpha value is -2.24. The van der Waals surface area contributed by atoms with E-state index in [9.17, 15) is 4.79 Å². The number of oxime groups is 1. The zero-order valence-electron chi connectivity index (χ0n) is 12.0. The molecule has 0 aliphatic heterocycles. The van der Waals surface area contributed by atoms with Crippen molar-refractivity contribution in [2.24, 2.45) is 5.16 Å². The summed E-state index contributed by atoms with van der Waals surface area (Å²) >= 11 is 0. The van der Waals surface area contributed by atoms with Crippen LogP contribution in [0, 0.1) is 0 Å². The summed E-state index contributed by atoms with van der Waals surface area (Å²) in [5.41, 5.74) is 7.80. The summed E-state index contributed by atoms with van der Waals surface area (Å²) in [5, 5.41) is 3.94. The molecule has 0 unspecified atom stereocenters.